The van der Waals surface area contributed by atoms with E-state index >= 15 is 0 Å². The van der Waals surface area contributed by atoms with E-state index in [0.717, 1.165) is 5.56 Å². The topological polar surface area (TPSA) is 111 Å². The van der Waals surface area contributed by atoms with Gasteiger partial charge in [-0.1, -0.05) is 30.3 Å². The van der Waals surface area contributed by atoms with Crippen LogP contribution in [-0.4, -0.2) is 27.7 Å². The van der Waals surface area contributed by atoms with Crippen molar-refractivity contribution in [1.29, 1.82) is 0 Å². The number of phenolic OH excluding ortho intramolecular Hbond substituents is 2. The fourth-order valence-electron chi connectivity index (χ4n) is 2.20. The Morgan fingerprint density at radius 3 is 2.38 bits per heavy atom. The molecular weight excluding hydrogens is 334 g/mol. The molecule has 2 aromatic rings. The van der Waals surface area contributed by atoms with E-state index in [2.05, 4.69) is 15.8 Å². The molecule has 7 heteroatoms. The zero-order valence-electron chi connectivity index (χ0n) is 14.4. The predicted molar refractivity (Wildman–Crippen MR) is 97.6 cm³/mol. The lowest BCUT2D eigenvalue weighted by atomic mass is 10.1. The Bertz CT molecular complexity index is 804. The number of hydrogen-bond donors (Lipinski definition) is 4. The second-order valence-corrected chi connectivity index (χ2v) is 5.70. The molecule has 0 heterocycles. The number of nitrogens with zero attached hydrogens (tertiary/aromatic N) is 1. The average Bonchev–Trinajstić information content (AvgIpc) is 2.63. The molecule has 0 spiro atoms. The van der Waals surface area contributed by atoms with Gasteiger partial charge in [0.25, 0.3) is 0 Å². The van der Waals surface area contributed by atoms with Crippen molar-refractivity contribution in [2.75, 3.05) is 0 Å². The molecule has 136 valence electrons. The Hall–Kier alpha value is -3.35. The summed E-state index contributed by atoms with van der Waals surface area (Å²) in [7, 11) is 0. The van der Waals surface area contributed by atoms with Gasteiger partial charge < -0.3 is 15.5 Å². The summed E-state index contributed by atoms with van der Waals surface area (Å²) in [6.45, 7) is 2.03. The lowest BCUT2D eigenvalue weighted by Crippen LogP contribution is -2.26. The summed E-state index contributed by atoms with van der Waals surface area (Å²) >= 11 is 0. The molecule has 7 nitrogen and oxygen atoms in total. The SMILES string of the molecule is C/C(=N\NC(=O)CCC(=O)NCc1ccccc1)c1ccc(O)cc1O. The monoisotopic (exact) mass is 355 g/mol. The van der Waals surface area contributed by atoms with E-state index in [-0.39, 0.29) is 30.2 Å². The lowest BCUT2D eigenvalue weighted by Gasteiger charge is -2.06. The van der Waals surface area contributed by atoms with Crippen LogP contribution in [0.1, 0.15) is 30.9 Å². The number of phenols is 2. The van der Waals surface area contributed by atoms with Crippen LogP contribution in [-0.2, 0) is 16.1 Å². The Balaban J connectivity index is 1.76. The average molecular weight is 355 g/mol. The molecule has 0 aliphatic rings. The third-order valence-corrected chi connectivity index (χ3v) is 3.63. The molecule has 0 fully saturated rings. The van der Waals surface area contributed by atoms with Gasteiger partial charge in [-0.05, 0) is 24.6 Å². The van der Waals surface area contributed by atoms with E-state index < -0.39 is 5.91 Å². The lowest BCUT2D eigenvalue weighted by molar-refractivity contribution is -0.126. The summed E-state index contributed by atoms with van der Waals surface area (Å²) in [5, 5.41) is 25.7. The smallest absolute Gasteiger partial charge is 0.240 e. The van der Waals surface area contributed by atoms with Gasteiger partial charge in [0.15, 0.2) is 0 Å². The molecule has 0 bridgehead atoms. The molecule has 0 aliphatic heterocycles. The van der Waals surface area contributed by atoms with Crippen LogP contribution in [0, 0.1) is 0 Å². The Kier molecular flexibility index (Phi) is 6.73. The van der Waals surface area contributed by atoms with Gasteiger partial charge in [0, 0.05) is 31.0 Å². The quantitative estimate of drug-likeness (QED) is 0.450. The van der Waals surface area contributed by atoms with Gasteiger partial charge >= 0.3 is 0 Å². The van der Waals surface area contributed by atoms with Gasteiger partial charge in [-0.2, -0.15) is 5.10 Å². The molecule has 26 heavy (non-hydrogen) atoms. The van der Waals surface area contributed by atoms with E-state index in [4.69, 9.17) is 0 Å². The van der Waals surface area contributed by atoms with Gasteiger partial charge in [-0.15, -0.1) is 0 Å². The number of carbonyl (C=O) groups excluding carboxylic acids is 2. The normalized spacial score (nSPS) is 11.0. The zero-order valence-corrected chi connectivity index (χ0v) is 14.4. The Morgan fingerprint density at radius 2 is 1.69 bits per heavy atom. The molecule has 0 unspecified atom stereocenters. The molecule has 0 saturated carbocycles. The summed E-state index contributed by atoms with van der Waals surface area (Å²) in [5.74, 6) is -0.830. The van der Waals surface area contributed by atoms with Crippen LogP contribution in [0.25, 0.3) is 0 Å². The van der Waals surface area contributed by atoms with Crippen LogP contribution in [0.2, 0.25) is 0 Å². The minimum Gasteiger partial charge on any atom is -0.508 e. The summed E-state index contributed by atoms with van der Waals surface area (Å²) in [4.78, 5) is 23.6. The minimum absolute atomic E-state index is 0.00103. The molecule has 2 aromatic carbocycles. The predicted octanol–water partition coefficient (Wildman–Crippen LogP) is 2.03. The number of benzene rings is 2. The minimum atomic E-state index is -0.405. The summed E-state index contributed by atoms with van der Waals surface area (Å²) < 4.78 is 0. The van der Waals surface area contributed by atoms with Gasteiger partial charge in [0.2, 0.25) is 11.8 Å². The maximum Gasteiger partial charge on any atom is 0.240 e. The van der Waals surface area contributed by atoms with E-state index in [1.54, 1.807) is 6.92 Å². The van der Waals surface area contributed by atoms with Crippen molar-refractivity contribution in [3.05, 3.63) is 59.7 Å². The molecule has 0 atom stereocenters. The van der Waals surface area contributed by atoms with Crippen molar-refractivity contribution in [3.8, 4) is 11.5 Å². The summed E-state index contributed by atoms with van der Waals surface area (Å²) in [6, 6.07) is 13.6. The second-order valence-electron chi connectivity index (χ2n) is 5.70. The molecule has 0 radical (unpaired) electrons. The first-order valence-electron chi connectivity index (χ1n) is 8.12. The van der Waals surface area contributed by atoms with Crippen LogP contribution in [0.3, 0.4) is 0 Å². The first-order chi connectivity index (χ1) is 12.5. The first-order valence-corrected chi connectivity index (χ1v) is 8.12. The number of aromatic hydroxyl groups is 2. The summed E-state index contributed by atoms with van der Waals surface area (Å²) in [5.41, 5.74) is 4.10. The van der Waals surface area contributed by atoms with Gasteiger partial charge in [0.1, 0.15) is 11.5 Å². The van der Waals surface area contributed by atoms with E-state index in [0.29, 0.717) is 17.8 Å². The van der Waals surface area contributed by atoms with Crippen LogP contribution >= 0.6 is 0 Å². The number of amides is 2. The van der Waals surface area contributed by atoms with Crippen molar-refractivity contribution in [1.82, 2.24) is 10.7 Å². The largest absolute Gasteiger partial charge is 0.508 e. The third-order valence-electron chi connectivity index (χ3n) is 3.63. The number of hydrogen-bond acceptors (Lipinski definition) is 5. The van der Waals surface area contributed by atoms with E-state index in [1.165, 1.54) is 18.2 Å². The van der Waals surface area contributed by atoms with Crippen LogP contribution in [0.15, 0.2) is 53.6 Å². The zero-order chi connectivity index (χ0) is 18.9. The molecule has 0 saturated heterocycles. The second kappa shape index (κ2) is 9.22. The standard InChI is InChI=1S/C19H21N3O4/c1-13(16-8-7-15(23)11-17(16)24)21-22-19(26)10-9-18(25)20-12-14-5-3-2-4-6-14/h2-8,11,23-24H,9-10,12H2,1H3,(H,20,25)(H,22,26)/b21-13+. The highest BCUT2D eigenvalue weighted by Gasteiger charge is 2.08. The molecule has 0 aliphatic carbocycles. The number of nitrogens with one attached hydrogen (secondary N) is 2. The van der Waals surface area contributed by atoms with Gasteiger partial charge in [-0.3, -0.25) is 9.59 Å². The van der Waals surface area contributed by atoms with E-state index in [1.807, 2.05) is 30.3 Å². The van der Waals surface area contributed by atoms with Crippen molar-refractivity contribution >= 4 is 17.5 Å². The highest BCUT2D eigenvalue weighted by molar-refractivity contribution is 6.01. The fourth-order valence-corrected chi connectivity index (χ4v) is 2.20. The fraction of sp³-hybridized carbons (Fsp3) is 0.211. The van der Waals surface area contributed by atoms with Crippen molar-refractivity contribution in [3.63, 3.8) is 0 Å². The number of hydrazone groups is 1. The number of carbonyl (C=O) groups is 2. The van der Waals surface area contributed by atoms with Gasteiger partial charge in [0.05, 0.1) is 5.71 Å². The molecule has 2 amide bonds. The van der Waals surface area contributed by atoms with Crippen molar-refractivity contribution in [2.24, 2.45) is 5.10 Å². The van der Waals surface area contributed by atoms with Crippen molar-refractivity contribution in [2.45, 2.75) is 26.3 Å². The van der Waals surface area contributed by atoms with Crippen LogP contribution < -0.4 is 10.7 Å². The molecule has 4 N–H and O–H groups in total. The number of rotatable bonds is 7. The maximum atomic E-state index is 11.8. The van der Waals surface area contributed by atoms with Crippen LogP contribution in [0.4, 0.5) is 0 Å². The highest BCUT2D eigenvalue weighted by Crippen LogP contribution is 2.22. The first kappa shape index (κ1) is 19.0. The highest BCUT2D eigenvalue weighted by atomic mass is 16.3. The Labute approximate surface area is 151 Å². The van der Waals surface area contributed by atoms with E-state index in [9.17, 15) is 19.8 Å². The Morgan fingerprint density at radius 1 is 1.00 bits per heavy atom. The maximum absolute atomic E-state index is 11.8. The third kappa shape index (κ3) is 5.94. The molecular formula is C19H21N3O4. The molecule has 2 rings (SSSR count). The van der Waals surface area contributed by atoms with Crippen LogP contribution in [0.5, 0.6) is 11.5 Å². The van der Waals surface area contributed by atoms with Crippen molar-refractivity contribution < 1.29 is 19.8 Å². The van der Waals surface area contributed by atoms with Gasteiger partial charge in [-0.25, -0.2) is 5.43 Å². The molecule has 0 aromatic heterocycles. The summed E-state index contributed by atoms with van der Waals surface area (Å²) in [6.07, 6.45) is 0.0522.